The van der Waals surface area contributed by atoms with Gasteiger partial charge in [0.15, 0.2) is 0 Å². The van der Waals surface area contributed by atoms with Crippen molar-refractivity contribution in [1.82, 2.24) is 31.1 Å². The molecular formula is C34H49FN6O7. The lowest BCUT2D eigenvalue weighted by Crippen LogP contribution is -2.59. The Morgan fingerprint density at radius 1 is 1.06 bits per heavy atom. The number of urea groups is 1. The van der Waals surface area contributed by atoms with Gasteiger partial charge in [-0.2, -0.15) is 0 Å². The molecule has 4 atom stereocenters. The number of carbonyl (C=O) groups is 6. The van der Waals surface area contributed by atoms with E-state index in [9.17, 15) is 33.2 Å². The van der Waals surface area contributed by atoms with E-state index in [1.54, 1.807) is 53.7 Å². The number of fused-ring (bicyclic) bond motifs is 1. The van der Waals surface area contributed by atoms with Gasteiger partial charge in [0, 0.05) is 30.1 Å². The van der Waals surface area contributed by atoms with Crippen molar-refractivity contribution in [3.05, 3.63) is 35.1 Å². The molecule has 6 amide bonds. The van der Waals surface area contributed by atoms with Crippen LogP contribution in [0.3, 0.4) is 0 Å². The van der Waals surface area contributed by atoms with E-state index in [2.05, 4.69) is 21.3 Å². The van der Waals surface area contributed by atoms with Crippen LogP contribution in [0.25, 0.3) is 0 Å². The zero-order chi connectivity index (χ0) is 35.6. The molecule has 0 radical (unpaired) electrons. The van der Waals surface area contributed by atoms with Gasteiger partial charge in [-0.1, -0.05) is 39.3 Å². The van der Waals surface area contributed by atoms with Gasteiger partial charge >= 0.3 is 12.1 Å². The highest BCUT2D eigenvalue weighted by Gasteiger charge is 2.51. The third-order valence-electron chi connectivity index (χ3n) is 8.66. The number of ketones is 1. The number of likely N-dealkylation sites (tertiary alicyclic amines) is 1. The smallest absolute Gasteiger partial charge is 0.410 e. The molecule has 3 aliphatic rings. The van der Waals surface area contributed by atoms with Gasteiger partial charge in [0.2, 0.25) is 17.6 Å². The maximum atomic E-state index is 14.4. The number of halogens is 1. The van der Waals surface area contributed by atoms with Gasteiger partial charge in [-0.3, -0.25) is 24.1 Å². The molecular weight excluding hydrogens is 623 g/mol. The molecule has 0 spiro atoms. The molecule has 2 aliphatic heterocycles. The summed E-state index contributed by atoms with van der Waals surface area (Å²) in [6, 6.07) is 0.644. The monoisotopic (exact) mass is 672 g/mol. The number of nitrogens with one attached hydrogen (secondary N) is 4. The van der Waals surface area contributed by atoms with Crippen molar-refractivity contribution >= 4 is 35.6 Å². The zero-order valence-electron chi connectivity index (χ0n) is 28.9. The Labute approximate surface area is 281 Å². The van der Waals surface area contributed by atoms with Gasteiger partial charge < -0.3 is 30.9 Å². The lowest BCUT2D eigenvalue weighted by atomic mass is 10.0. The minimum absolute atomic E-state index is 0.00937. The summed E-state index contributed by atoms with van der Waals surface area (Å²) in [4.78, 5) is 82.6. The van der Waals surface area contributed by atoms with Crippen LogP contribution in [0.2, 0.25) is 0 Å². The van der Waals surface area contributed by atoms with E-state index >= 15 is 0 Å². The Morgan fingerprint density at radius 2 is 1.75 bits per heavy atom. The largest absolute Gasteiger partial charge is 0.441 e. The number of rotatable bonds is 11. The summed E-state index contributed by atoms with van der Waals surface area (Å²) < 4.78 is 20.3. The van der Waals surface area contributed by atoms with Crippen molar-refractivity contribution in [1.29, 1.82) is 0 Å². The Kier molecular flexibility index (Phi) is 11.0. The predicted octanol–water partition coefficient (Wildman–Crippen LogP) is 2.89. The lowest BCUT2D eigenvalue weighted by molar-refractivity contribution is -0.143. The van der Waals surface area contributed by atoms with Crippen LogP contribution >= 0.6 is 0 Å². The van der Waals surface area contributed by atoms with Crippen LogP contribution in [0.5, 0.6) is 0 Å². The van der Waals surface area contributed by atoms with Crippen molar-refractivity contribution in [2.24, 2.45) is 5.92 Å². The Hall–Kier alpha value is -4.23. The van der Waals surface area contributed by atoms with E-state index in [4.69, 9.17) is 4.74 Å². The summed E-state index contributed by atoms with van der Waals surface area (Å²) in [5.74, 6) is -3.62. The molecule has 2 fully saturated rings. The van der Waals surface area contributed by atoms with Crippen molar-refractivity contribution in [3.63, 3.8) is 0 Å². The van der Waals surface area contributed by atoms with Crippen LogP contribution in [0.4, 0.5) is 14.0 Å². The molecule has 1 saturated carbocycles. The Morgan fingerprint density at radius 3 is 2.33 bits per heavy atom. The molecule has 2 heterocycles. The summed E-state index contributed by atoms with van der Waals surface area (Å²) in [6.45, 7) is 12.3. The van der Waals surface area contributed by atoms with E-state index in [1.807, 2.05) is 6.92 Å². The quantitative estimate of drug-likeness (QED) is 0.263. The van der Waals surface area contributed by atoms with Crippen LogP contribution in [0, 0.1) is 11.7 Å². The second-order valence-electron chi connectivity index (χ2n) is 14.8. The van der Waals surface area contributed by atoms with E-state index in [0.29, 0.717) is 17.5 Å². The van der Waals surface area contributed by atoms with E-state index in [-0.39, 0.29) is 44.4 Å². The van der Waals surface area contributed by atoms with Crippen LogP contribution in [-0.2, 0) is 37.0 Å². The van der Waals surface area contributed by atoms with Crippen LogP contribution in [-0.4, -0.2) is 87.3 Å². The molecule has 48 heavy (non-hydrogen) atoms. The molecule has 13 nitrogen and oxygen atoms in total. The SMILES string of the molecule is CCC[C@H](NC(=O)[C@@H]1C[C@](C)(OC(=O)N2Cc3cccc(F)c3C2)CN1C(=O)C(NC(=O)NC(C)(C)C)C(C)C)C(=O)C(=O)NC1CC1. The highest BCUT2D eigenvalue weighted by molar-refractivity contribution is 6.38. The molecule has 4 rings (SSSR count). The van der Waals surface area contributed by atoms with Crippen molar-refractivity contribution < 1.29 is 37.9 Å². The molecule has 4 N–H and O–H groups in total. The third kappa shape index (κ3) is 9.01. The molecule has 1 aromatic carbocycles. The number of carbonyl (C=O) groups excluding carboxylic acids is 6. The molecule has 1 aromatic rings. The van der Waals surface area contributed by atoms with Gasteiger partial charge in [0.25, 0.3) is 5.91 Å². The lowest BCUT2D eigenvalue weighted by Gasteiger charge is -2.32. The van der Waals surface area contributed by atoms with Gasteiger partial charge in [-0.15, -0.1) is 0 Å². The molecule has 1 aliphatic carbocycles. The normalized spacial score (nSPS) is 21.6. The summed E-state index contributed by atoms with van der Waals surface area (Å²) >= 11 is 0. The maximum Gasteiger partial charge on any atom is 0.410 e. The number of benzene rings is 1. The predicted molar refractivity (Wildman–Crippen MR) is 174 cm³/mol. The number of ether oxygens (including phenoxy) is 1. The third-order valence-corrected chi connectivity index (χ3v) is 8.66. The first-order valence-corrected chi connectivity index (χ1v) is 16.7. The molecule has 1 saturated heterocycles. The first kappa shape index (κ1) is 36.6. The minimum Gasteiger partial charge on any atom is -0.441 e. The summed E-state index contributed by atoms with van der Waals surface area (Å²) in [6.07, 6.45) is 1.42. The van der Waals surface area contributed by atoms with Gasteiger partial charge in [0.05, 0.1) is 19.1 Å². The molecule has 1 unspecified atom stereocenters. The second kappa shape index (κ2) is 14.5. The van der Waals surface area contributed by atoms with Crippen molar-refractivity contribution in [2.45, 2.75) is 129 Å². The zero-order valence-corrected chi connectivity index (χ0v) is 28.9. The number of hydrogen-bond acceptors (Lipinski definition) is 7. The van der Waals surface area contributed by atoms with Crippen molar-refractivity contribution in [2.75, 3.05) is 6.54 Å². The molecule has 0 bridgehead atoms. The Balaban J connectivity index is 1.57. The van der Waals surface area contributed by atoms with Crippen LogP contribution < -0.4 is 21.3 Å². The van der Waals surface area contributed by atoms with Gasteiger partial charge in [0.1, 0.15) is 23.5 Å². The van der Waals surface area contributed by atoms with Gasteiger partial charge in [-0.25, -0.2) is 14.0 Å². The topological polar surface area (TPSA) is 166 Å². The second-order valence-corrected chi connectivity index (χ2v) is 14.8. The van der Waals surface area contributed by atoms with Crippen LogP contribution in [0.1, 0.15) is 91.7 Å². The fourth-order valence-electron chi connectivity index (χ4n) is 6.06. The van der Waals surface area contributed by atoms with E-state index in [0.717, 1.165) is 12.8 Å². The summed E-state index contributed by atoms with van der Waals surface area (Å²) in [5.41, 5.74) is -0.876. The highest BCUT2D eigenvalue weighted by atomic mass is 19.1. The standard InChI is InChI=1S/C34H49FN6O7/c1-8-10-24(27(42)29(44)36-21-13-14-21)37-28(43)25-15-34(7,48-32(47)40-16-20-11-9-12-23(35)22(20)17-40)18-41(25)30(45)26(19(2)3)38-31(46)39-33(4,5)6/h9,11-12,19,21,24-26H,8,10,13-18H2,1-7H3,(H,36,44)(H,37,43)(H2,38,39,46)/t24-,25-,26?,34-/m0/s1. The first-order chi connectivity index (χ1) is 22.4. The van der Waals surface area contributed by atoms with E-state index < -0.39 is 70.7 Å². The fraction of sp³-hybridized carbons (Fsp3) is 0.647. The number of hydrogen-bond donors (Lipinski definition) is 4. The van der Waals surface area contributed by atoms with E-state index in [1.165, 1.54) is 15.9 Å². The summed E-state index contributed by atoms with van der Waals surface area (Å²) in [7, 11) is 0. The first-order valence-electron chi connectivity index (χ1n) is 16.7. The highest BCUT2D eigenvalue weighted by Crippen LogP contribution is 2.34. The average molecular weight is 673 g/mol. The number of nitrogens with zero attached hydrogens (tertiary/aromatic N) is 2. The number of amides is 6. The summed E-state index contributed by atoms with van der Waals surface area (Å²) in [5, 5.41) is 10.8. The van der Waals surface area contributed by atoms with Crippen molar-refractivity contribution in [3.8, 4) is 0 Å². The number of Topliss-reactive ketones (excluding diaryl/α,β-unsaturated/α-hetero) is 1. The van der Waals surface area contributed by atoms with Crippen LogP contribution in [0.15, 0.2) is 18.2 Å². The average Bonchev–Trinajstić information content (AvgIpc) is 3.56. The van der Waals surface area contributed by atoms with Gasteiger partial charge in [-0.05, 0) is 64.5 Å². The fourth-order valence-corrected chi connectivity index (χ4v) is 6.06. The molecule has 14 heteroatoms. The molecule has 264 valence electrons. The minimum atomic E-state index is -1.36. The molecule has 0 aromatic heterocycles. The Bertz CT molecular complexity index is 1440. The maximum absolute atomic E-state index is 14.4.